The van der Waals surface area contributed by atoms with Gasteiger partial charge in [-0.05, 0) is 68.9 Å². The number of ether oxygens (including phenoxy) is 1. The van der Waals surface area contributed by atoms with E-state index in [-0.39, 0.29) is 17.7 Å². The molecule has 2 aliphatic rings. The van der Waals surface area contributed by atoms with Gasteiger partial charge in [-0.2, -0.15) is 0 Å². The standard InChI is InChI=1S/C34H46N6O3/c1-5-8-24-17-22(3)36-34(42)29(24)21-39-12-14-40(15-13-39)31-20-30(38-27-11-16-43-28(6-2)19-27)32(23(4)37-31)25-9-7-10-26(18-25)33(35)41/h7,9-10,17-18,20,27-28H,5-6,8,11-16,19,21H2,1-4H3,(H2,35,41)(H,36,42)(H,37,38). The summed E-state index contributed by atoms with van der Waals surface area (Å²) in [6.45, 7) is 13.1. The van der Waals surface area contributed by atoms with Crippen LogP contribution in [-0.4, -0.2) is 65.7 Å². The number of pyridine rings is 2. The van der Waals surface area contributed by atoms with Crippen LogP contribution in [0.1, 0.15) is 72.4 Å². The summed E-state index contributed by atoms with van der Waals surface area (Å²) in [5.41, 5.74) is 12.9. The molecular weight excluding hydrogens is 540 g/mol. The van der Waals surface area contributed by atoms with Crippen molar-refractivity contribution in [3.8, 4) is 11.1 Å². The topological polar surface area (TPSA) is 117 Å². The first kappa shape index (κ1) is 30.8. The molecule has 9 nitrogen and oxygen atoms in total. The third kappa shape index (κ3) is 7.28. The molecule has 1 aromatic carbocycles. The van der Waals surface area contributed by atoms with E-state index in [0.29, 0.717) is 12.1 Å². The van der Waals surface area contributed by atoms with E-state index in [2.05, 4.69) is 46.1 Å². The molecule has 2 atom stereocenters. The number of primary amides is 1. The number of nitrogens with two attached hydrogens (primary N) is 1. The van der Waals surface area contributed by atoms with Crippen molar-refractivity contribution in [2.24, 2.45) is 5.73 Å². The fraction of sp³-hybridized carbons (Fsp3) is 0.500. The van der Waals surface area contributed by atoms with E-state index in [1.807, 2.05) is 32.0 Å². The Labute approximate surface area is 254 Å². The van der Waals surface area contributed by atoms with Crippen molar-refractivity contribution in [3.05, 3.63) is 74.8 Å². The highest BCUT2D eigenvalue weighted by molar-refractivity contribution is 5.95. The van der Waals surface area contributed by atoms with Gasteiger partial charge in [0, 0.05) is 85.2 Å². The van der Waals surface area contributed by atoms with E-state index in [1.54, 1.807) is 6.07 Å². The zero-order valence-electron chi connectivity index (χ0n) is 26.0. The average molecular weight is 587 g/mol. The van der Waals surface area contributed by atoms with E-state index >= 15 is 0 Å². The summed E-state index contributed by atoms with van der Waals surface area (Å²) < 4.78 is 5.94. The lowest BCUT2D eigenvalue weighted by atomic mass is 9.97. The maximum absolute atomic E-state index is 12.8. The number of nitrogens with zero attached hydrogens (tertiary/aromatic N) is 3. The second-order valence-corrected chi connectivity index (χ2v) is 12.0. The molecule has 43 heavy (non-hydrogen) atoms. The number of hydrogen-bond donors (Lipinski definition) is 3. The molecule has 2 saturated heterocycles. The zero-order valence-corrected chi connectivity index (χ0v) is 26.0. The molecule has 0 aliphatic carbocycles. The molecule has 0 saturated carbocycles. The van der Waals surface area contributed by atoms with E-state index in [9.17, 15) is 9.59 Å². The maximum Gasteiger partial charge on any atom is 0.252 e. The smallest absolute Gasteiger partial charge is 0.252 e. The Balaban J connectivity index is 1.39. The van der Waals surface area contributed by atoms with Gasteiger partial charge >= 0.3 is 0 Å². The summed E-state index contributed by atoms with van der Waals surface area (Å²) in [5, 5.41) is 3.84. The summed E-state index contributed by atoms with van der Waals surface area (Å²) in [4.78, 5) is 37.6. The Morgan fingerprint density at radius 1 is 1.14 bits per heavy atom. The fourth-order valence-corrected chi connectivity index (χ4v) is 6.45. The summed E-state index contributed by atoms with van der Waals surface area (Å²) in [7, 11) is 0. The van der Waals surface area contributed by atoms with Crippen LogP contribution in [0.15, 0.2) is 41.2 Å². The summed E-state index contributed by atoms with van der Waals surface area (Å²) in [6, 6.07) is 12.1. The highest BCUT2D eigenvalue weighted by atomic mass is 16.5. The number of nitrogens with one attached hydrogen (secondary N) is 2. The molecule has 0 spiro atoms. The first-order valence-corrected chi connectivity index (χ1v) is 15.7. The Kier molecular flexibility index (Phi) is 9.82. The molecule has 0 radical (unpaired) electrons. The average Bonchev–Trinajstić information content (AvgIpc) is 2.99. The first-order chi connectivity index (χ1) is 20.7. The third-order valence-corrected chi connectivity index (χ3v) is 8.77. The Morgan fingerprint density at radius 2 is 1.93 bits per heavy atom. The number of rotatable bonds is 10. The van der Waals surface area contributed by atoms with Gasteiger partial charge in [0.25, 0.3) is 5.56 Å². The monoisotopic (exact) mass is 586 g/mol. The molecule has 2 aromatic heterocycles. The van der Waals surface area contributed by atoms with Gasteiger partial charge in [-0.15, -0.1) is 0 Å². The van der Waals surface area contributed by atoms with Crippen molar-refractivity contribution in [3.63, 3.8) is 0 Å². The highest BCUT2D eigenvalue weighted by Gasteiger charge is 2.26. The molecule has 2 unspecified atom stereocenters. The van der Waals surface area contributed by atoms with E-state index < -0.39 is 5.91 Å². The van der Waals surface area contributed by atoms with Gasteiger partial charge in [0.2, 0.25) is 5.91 Å². The minimum absolute atomic E-state index is 0.0355. The number of hydrogen-bond acceptors (Lipinski definition) is 7. The minimum Gasteiger partial charge on any atom is -0.381 e. The summed E-state index contributed by atoms with van der Waals surface area (Å²) in [5.74, 6) is 0.495. The van der Waals surface area contributed by atoms with Gasteiger partial charge in [-0.3, -0.25) is 14.5 Å². The van der Waals surface area contributed by atoms with Gasteiger partial charge in [0.1, 0.15) is 5.82 Å². The highest BCUT2D eigenvalue weighted by Crippen LogP contribution is 2.36. The van der Waals surface area contributed by atoms with Crippen molar-refractivity contribution < 1.29 is 9.53 Å². The van der Waals surface area contributed by atoms with Gasteiger partial charge in [0.05, 0.1) is 6.10 Å². The number of amides is 1. The van der Waals surface area contributed by atoms with Crippen LogP contribution in [0.4, 0.5) is 11.5 Å². The second kappa shape index (κ2) is 13.7. The molecule has 2 fully saturated rings. The number of piperazine rings is 1. The quantitative estimate of drug-likeness (QED) is 0.313. The van der Waals surface area contributed by atoms with Crippen molar-refractivity contribution in [2.75, 3.05) is 43.0 Å². The van der Waals surface area contributed by atoms with Gasteiger partial charge in [0.15, 0.2) is 0 Å². The van der Waals surface area contributed by atoms with Crippen LogP contribution in [0.25, 0.3) is 11.1 Å². The van der Waals surface area contributed by atoms with Crippen LogP contribution >= 0.6 is 0 Å². The normalized spacial score (nSPS) is 19.4. The van der Waals surface area contributed by atoms with Crippen molar-refractivity contribution in [2.45, 2.75) is 78.5 Å². The van der Waals surface area contributed by atoms with Crippen molar-refractivity contribution >= 4 is 17.4 Å². The number of aromatic amines is 1. The number of aromatic nitrogens is 2. The predicted octanol–water partition coefficient (Wildman–Crippen LogP) is 4.80. The second-order valence-electron chi connectivity index (χ2n) is 12.0. The number of benzene rings is 1. The molecule has 0 bridgehead atoms. The fourth-order valence-electron chi connectivity index (χ4n) is 6.45. The minimum atomic E-state index is -0.443. The molecule has 230 valence electrons. The van der Waals surface area contributed by atoms with Crippen molar-refractivity contribution in [1.82, 2.24) is 14.9 Å². The molecular formula is C34H46N6O3. The van der Waals surface area contributed by atoms with Gasteiger partial charge in [-0.1, -0.05) is 32.4 Å². The Morgan fingerprint density at radius 3 is 2.65 bits per heavy atom. The molecule has 4 N–H and O–H groups in total. The Bertz CT molecular complexity index is 1490. The van der Waals surface area contributed by atoms with Crippen LogP contribution in [-0.2, 0) is 17.7 Å². The van der Waals surface area contributed by atoms with Crippen LogP contribution in [0, 0.1) is 13.8 Å². The molecule has 4 heterocycles. The summed E-state index contributed by atoms with van der Waals surface area (Å²) >= 11 is 0. The van der Waals surface area contributed by atoms with Crippen LogP contribution in [0.2, 0.25) is 0 Å². The lowest BCUT2D eigenvalue weighted by molar-refractivity contribution is 0.00926. The van der Waals surface area contributed by atoms with E-state index in [0.717, 1.165) is 110 Å². The van der Waals surface area contributed by atoms with Crippen LogP contribution in [0.3, 0.4) is 0 Å². The number of H-pyrrole nitrogens is 1. The van der Waals surface area contributed by atoms with Crippen LogP contribution < -0.4 is 21.5 Å². The maximum atomic E-state index is 12.8. The van der Waals surface area contributed by atoms with E-state index in [4.69, 9.17) is 15.5 Å². The van der Waals surface area contributed by atoms with E-state index in [1.165, 1.54) is 0 Å². The number of carbonyl (C=O) groups is 1. The molecule has 2 aliphatic heterocycles. The molecule has 5 rings (SSSR count). The number of carbonyl (C=O) groups excluding carboxylic acids is 1. The molecule has 9 heteroatoms. The van der Waals surface area contributed by atoms with Crippen molar-refractivity contribution in [1.29, 1.82) is 0 Å². The SMILES string of the molecule is CCCc1cc(C)[nH]c(=O)c1CN1CCN(c2cc(NC3CCOC(CC)C3)c(-c3cccc(C(N)=O)c3)c(C)n2)CC1. The zero-order chi connectivity index (χ0) is 30.5. The summed E-state index contributed by atoms with van der Waals surface area (Å²) in [6.07, 6.45) is 5.06. The largest absolute Gasteiger partial charge is 0.381 e. The van der Waals surface area contributed by atoms with Crippen LogP contribution in [0.5, 0.6) is 0 Å². The first-order valence-electron chi connectivity index (χ1n) is 15.7. The molecule has 1 amide bonds. The predicted molar refractivity (Wildman–Crippen MR) is 173 cm³/mol. The van der Waals surface area contributed by atoms with Gasteiger partial charge < -0.3 is 25.7 Å². The lowest BCUT2D eigenvalue weighted by Gasteiger charge is -2.36. The third-order valence-electron chi connectivity index (χ3n) is 8.77. The lowest BCUT2D eigenvalue weighted by Crippen LogP contribution is -2.47. The van der Waals surface area contributed by atoms with Gasteiger partial charge in [-0.25, -0.2) is 4.98 Å². The Hall–Kier alpha value is -3.69. The number of anilines is 2. The number of aryl methyl sites for hydroxylation is 3. The molecule has 3 aromatic rings.